The van der Waals surface area contributed by atoms with Crippen LogP contribution in [0.15, 0.2) is 30.3 Å². The molecule has 1 aromatic heterocycles. The van der Waals surface area contributed by atoms with Gasteiger partial charge in [0.05, 0.1) is 12.2 Å². The maximum absolute atomic E-state index is 12.0. The fourth-order valence-corrected chi connectivity index (χ4v) is 3.60. The van der Waals surface area contributed by atoms with Crippen molar-refractivity contribution in [2.75, 3.05) is 11.5 Å². The lowest BCUT2D eigenvalue weighted by atomic mass is 10.1. The highest BCUT2D eigenvalue weighted by molar-refractivity contribution is 7.18. The number of hydrogen-bond donors (Lipinski definition) is 2. The van der Waals surface area contributed by atoms with Crippen molar-refractivity contribution in [2.45, 2.75) is 13.2 Å². The molecule has 2 N–H and O–H groups in total. The first-order valence-corrected chi connectivity index (χ1v) is 8.16. The van der Waals surface area contributed by atoms with Crippen molar-refractivity contribution in [3.63, 3.8) is 0 Å². The predicted molar refractivity (Wildman–Crippen MR) is 90.6 cm³/mol. The van der Waals surface area contributed by atoms with Crippen LogP contribution in [-0.2, 0) is 4.74 Å². The number of aliphatic hydroxyl groups is 1. The molecule has 0 aliphatic carbocycles. The first-order valence-electron chi connectivity index (χ1n) is 6.97. The molecule has 1 aromatic carbocycles. The Morgan fingerprint density at radius 1 is 1.39 bits per heavy atom. The number of rotatable bonds is 3. The monoisotopic (exact) mass is 351 g/mol. The summed E-state index contributed by atoms with van der Waals surface area (Å²) in [5.74, 6) is -0.714. The summed E-state index contributed by atoms with van der Waals surface area (Å²) >= 11 is 6.98. The number of ether oxygens (including phenoxy) is 1. The van der Waals surface area contributed by atoms with Crippen molar-refractivity contribution in [2.24, 2.45) is 0 Å². The molecule has 2 aromatic rings. The second-order valence-corrected chi connectivity index (χ2v) is 6.27. The summed E-state index contributed by atoms with van der Waals surface area (Å²) in [5.41, 5.74) is 1.18. The van der Waals surface area contributed by atoms with E-state index in [1.807, 2.05) is 0 Å². The molecule has 0 fully saturated rings. The largest absolute Gasteiger partial charge is 0.505 e. The van der Waals surface area contributed by atoms with Crippen LogP contribution >= 0.6 is 22.9 Å². The van der Waals surface area contributed by atoms with E-state index in [4.69, 9.17) is 16.3 Å². The summed E-state index contributed by atoms with van der Waals surface area (Å²) in [7, 11) is 0. The third-order valence-corrected chi connectivity index (χ3v) is 4.81. The first kappa shape index (κ1) is 15.9. The van der Waals surface area contributed by atoms with Crippen LogP contribution in [-0.4, -0.2) is 29.0 Å². The molecule has 7 heteroatoms. The van der Waals surface area contributed by atoms with E-state index in [2.05, 4.69) is 0 Å². The number of aliphatic hydroxyl groups excluding tert-OH is 1. The lowest BCUT2D eigenvalue weighted by Gasteiger charge is -2.30. The third-order valence-electron chi connectivity index (χ3n) is 3.38. The molecule has 23 heavy (non-hydrogen) atoms. The fraction of sp³-hybridized carbons (Fsp3) is 0.188. The van der Waals surface area contributed by atoms with Gasteiger partial charge in [0.1, 0.15) is 10.8 Å². The normalized spacial score (nSPS) is 16.3. The zero-order valence-electron chi connectivity index (χ0n) is 12.2. The standard InChI is InChI=1S/C16H14ClNO4S/c1-2-22-16(21)14-13(20)11-7-8-12(19)18(15(11)23-14)10-5-3-9(17)4-6-10/h3-8,12,19-20H,2H2,1H3. The van der Waals surface area contributed by atoms with Gasteiger partial charge in [0.15, 0.2) is 11.1 Å². The van der Waals surface area contributed by atoms with Crippen molar-refractivity contribution in [1.82, 2.24) is 0 Å². The molecule has 1 unspecified atom stereocenters. The van der Waals surface area contributed by atoms with Crippen LogP contribution in [0.1, 0.15) is 22.2 Å². The van der Waals surface area contributed by atoms with Gasteiger partial charge >= 0.3 is 5.97 Å². The average molecular weight is 352 g/mol. The van der Waals surface area contributed by atoms with Crippen LogP contribution < -0.4 is 4.90 Å². The highest BCUT2D eigenvalue weighted by atomic mass is 35.5. The Bertz CT molecular complexity index is 769. The Hall–Kier alpha value is -2.02. The highest BCUT2D eigenvalue weighted by Gasteiger charge is 2.31. The molecule has 0 saturated carbocycles. The van der Waals surface area contributed by atoms with E-state index in [-0.39, 0.29) is 17.2 Å². The molecule has 5 nitrogen and oxygen atoms in total. The smallest absolute Gasteiger partial charge is 0.352 e. The van der Waals surface area contributed by atoms with Crippen LogP contribution in [0.2, 0.25) is 5.02 Å². The average Bonchev–Trinajstić information content (AvgIpc) is 2.86. The Morgan fingerprint density at radius 2 is 2.09 bits per heavy atom. The van der Waals surface area contributed by atoms with Gasteiger partial charge in [0, 0.05) is 10.7 Å². The van der Waals surface area contributed by atoms with Crippen LogP contribution in [0.5, 0.6) is 5.75 Å². The summed E-state index contributed by atoms with van der Waals surface area (Å²) in [6, 6.07) is 6.94. The number of benzene rings is 1. The minimum Gasteiger partial charge on any atom is -0.505 e. The molecule has 1 aliphatic heterocycles. The van der Waals surface area contributed by atoms with Crippen molar-refractivity contribution in [3.8, 4) is 5.75 Å². The number of anilines is 2. The number of carbonyl (C=O) groups excluding carboxylic acids is 1. The van der Waals surface area contributed by atoms with E-state index >= 15 is 0 Å². The summed E-state index contributed by atoms with van der Waals surface area (Å²) in [6.45, 7) is 1.92. The molecule has 0 radical (unpaired) electrons. The van der Waals surface area contributed by atoms with E-state index in [1.165, 1.54) is 6.08 Å². The minimum atomic E-state index is -0.906. The van der Waals surface area contributed by atoms with Gasteiger partial charge in [-0.2, -0.15) is 0 Å². The topological polar surface area (TPSA) is 70.0 Å². The van der Waals surface area contributed by atoms with Crippen molar-refractivity contribution < 1.29 is 19.7 Å². The number of nitrogens with zero attached hydrogens (tertiary/aromatic N) is 1. The van der Waals surface area contributed by atoms with Crippen LogP contribution in [0, 0.1) is 0 Å². The summed E-state index contributed by atoms with van der Waals surface area (Å²) < 4.78 is 4.96. The zero-order chi connectivity index (χ0) is 16.6. The summed E-state index contributed by atoms with van der Waals surface area (Å²) in [5, 5.41) is 21.7. The van der Waals surface area contributed by atoms with Gasteiger partial charge in [-0.25, -0.2) is 4.79 Å². The molecule has 2 heterocycles. The molecular weight excluding hydrogens is 338 g/mol. The Morgan fingerprint density at radius 3 is 2.74 bits per heavy atom. The number of halogens is 1. The number of esters is 1. The summed E-state index contributed by atoms with van der Waals surface area (Å²) in [4.78, 5) is 13.7. The number of aromatic hydroxyl groups is 1. The van der Waals surface area contributed by atoms with Crippen LogP contribution in [0.4, 0.5) is 10.7 Å². The van der Waals surface area contributed by atoms with Gasteiger partial charge < -0.3 is 19.8 Å². The van der Waals surface area contributed by atoms with E-state index in [0.717, 1.165) is 11.3 Å². The van der Waals surface area contributed by atoms with E-state index in [9.17, 15) is 15.0 Å². The third kappa shape index (κ3) is 2.81. The second kappa shape index (κ2) is 6.23. The van der Waals surface area contributed by atoms with Crippen LogP contribution in [0.25, 0.3) is 6.08 Å². The van der Waals surface area contributed by atoms with Gasteiger partial charge in [-0.1, -0.05) is 11.6 Å². The number of thiophene rings is 1. The van der Waals surface area contributed by atoms with E-state index < -0.39 is 12.2 Å². The molecule has 3 rings (SSSR count). The first-order chi connectivity index (χ1) is 11.0. The van der Waals surface area contributed by atoms with Gasteiger partial charge in [-0.05, 0) is 43.3 Å². The lowest BCUT2D eigenvalue weighted by Crippen LogP contribution is -2.30. The molecule has 0 saturated heterocycles. The second-order valence-electron chi connectivity index (χ2n) is 4.84. The summed E-state index contributed by atoms with van der Waals surface area (Å²) in [6.07, 6.45) is 2.23. The van der Waals surface area contributed by atoms with Crippen molar-refractivity contribution in [1.29, 1.82) is 0 Å². The van der Waals surface area contributed by atoms with E-state index in [1.54, 1.807) is 42.2 Å². The molecule has 120 valence electrons. The Kier molecular flexibility index (Phi) is 4.30. The maximum atomic E-state index is 12.0. The Balaban J connectivity index is 2.08. The molecule has 1 atom stereocenters. The SMILES string of the molecule is CCOC(=O)c1sc2c(c1O)C=CC(O)N2c1ccc(Cl)cc1. The number of hydrogen-bond acceptors (Lipinski definition) is 6. The molecule has 0 amide bonds. The zero-order valence-corrected chi connectivity index (χ0v) is 13.8. The minimum absolute atomic E-state index is 0.120. The predicted octanol–water partition coefficient (Wildman–Crippen LogP) is 3.77. The molecule has 1 aliphatic rings. The molecular formula is C16H14ClNO4S. The van der Waals surface area contributed by atoms with E-state index in [0.29, 0.717) is 21.3 Å². The maximum Gasteiger partial charge on any atom is 0.352 e. The number of carbonyl (C=O) groups is 1. The van der Waals surface area contributed by atoms with Crippen molar-refractivity contribution in [3.05, 3.63) is 45.8 Å². The van der Waals surface area contributed by atoms with Crippen LogP contribution in [0.3, 0.4) is 0 Å². The molecule has 0 spiro atoms. The van der Waals surface area contributed by atoms with Crippen molar-refractivity contribution >= 4 is 45.7 Å². The van der Waals surface area contributed by atoms with Gasteiger partial charge in [0.25, 0.3) is 0 Å². The van der Waals surface area contributed by atoms with Gasteiger partial charge in [-0.3, -0.25) is 0 Å². The molecule has 0 bridgehead atoms. The van der Waals surface area contributed by atoms with Gasteiger partial charge in [0.2, 0.25) is 0 Å². The quantitative estimate of drug-likeness (QED) is 0.824. The highest BCUT2D eigenvalue weighted by Crippen LogP contribution is 2.47. The van der Waals surface area contributed by atoms with Gasteiger partial charge in [-0.15, -0.1) is 11.3 Å². The fourth-order valence-electron chi connectivity index (χ4n) is 2.35. The lowest BCUT2D eigenvalue weighted by molar-refractivity contribution is 0.0529. The Labute approximate surface area is 142 Å². The number of fused-ring (bicyclic) bond motifs is 1.